The Morgan fingerprint density at radius 3 is 2.23 bits per heavy atom. The topological polar surface area (TPSA) is 20.2 Å². The third kappa shape index (κ3) is 2.12. The van der Waals surface area contributed by atoms with Crippen LogP contribution < -0.4 is 0 Å². The van der Waals surface area contributed by atoms with E-state index < -0.39 is 5.92 Å². The number of alkyl halides is 2. The van der Waals surface area contributed by atoms with Gasteiger partial charge in [-0.05, 0) is 11.6 Å². The number of rotatable bonds is 3. The predicted octanol–water partition coefficient (Wildman–Crippen LogP) is 2.46. The molecule has 0 heterocycles. The fraction of sp³-hybridized carbons (Fsp3) is 0.200. The number of benzene rings is 1. The Balaban J connectivity index is 2.98. The van der Waals surface area contributed by atoms with Gasteiger partial charge in [-0.25, -0.2) is 0 Å². The minimum atomic E-state index is -2.99. The summed E-state index contributed by atoms with van der Waals surface area (Å²) in [6.45, 7) is 2.91. The molecule has 3 heteroatoms. The van der Waals surface area contributed by atoms with Crippen LogP contribution in [-0.2, 0) is 12.5 Å². The van der Waals surface area contributed by atoms with Gasteiger partial charge in [-0.3, -0.25) is 0 Å². The maximum Gasteiger partial charge on any atom is 0.291 e. The summed E-state index contributed by atoms with van der Waals surface area (Å²) in [5, 5.41) is 8.68. The average Bonchev–Trinajstić information content (AvgIpc) is 2.18. The summed E-state index contributed by atoms with van der Waals surface area (Å²) in [7, 11) is 0. The van der Waals surface area contributed by atoms with E-state index in [1.807, 2.05) is 0 Å². The lowest BCUT2D eigenvalue weighted by molar-refractivity contribution is 0.0525. The van der Waals surface area contributed by atoms with Crippen molar-refractivity contribution in [2.45, 2.75) is 12.5 Å². The second-order valence-corrected chi connectivity index (χ2v) is 2.68. The first-order valence-corrected chi connectivity index (χ1v) is 3.82. The number of aliphatic hydroxyl groups excluding tert-OH is 1. The second kappa shape index (κ2) is 3.66. The van der Waals surface area contributed by atoms with Gasteiger partial charge >= 0.3 is 0 Å². The molecule has 0 atom stereocenters. The number of aliphatic hydroxyl groups is 1. The van der Waals surface area contributed by atoms with Gasteiger partial charge in [0, 0.05) is 5.56 Å². The average molecular weight is 184 g/mol. The summed E-state index contributed by atoms with van der Waals surface area (Å²) in [5.74, 6) is -2.99. The van der Waals surface area contributed by atoms with E-state index in [1.54, 1.807) is 0 Å². The van der Waals surface area contributed by atoms with E-state index in [9.17, 15) is 8.78 Å². The lowest BCUT2D eigenvalue weighted by Crippen LogP contribution is -2.08. The minimum absolute atomic E-state index is 0.111. The Hall–Kier alpha value is -1.22. The fourth-order valence-electron chi connectivity index (χ4n) is 0.950. The molecule has 0 spiro atoms. The van der Waals surface area contributed by atoms with E-state index in [1.165, 1.54) is 24.3 Å². The molecular formula is C10H10F2O. The van der Waals surface area contributed by atoms with Crippen LogP contribution in [0.15, 0.2) is 36.9 Å². The van der Waals surface area contributed by atoms with E-state index in [2.05, 4.69) is 6.58 Å². The molecule has 0 aromatic heterocycles. The third-order valence-electron chi connectivity index (χ3n) is 1.78. The summed E-state index contributed by atoms with van der Waals surface area (Å²) in [6.07, 6.45) is 0.598. The first-order valence-electron chi connectivity index (χ1n) is 3.82. The highest BCUT2D eigenvalue weighted by Gasteiger charge is 2.26. The zero-order valence-electron chi connectivity index (χ0n) is 7.00. The van der Waals surface area contributed by atoms with E-state index in [-0.39, 0.29) is 12.2 Å². The quantitative estimate of drug-likeness (QED) is 0.715. The molecule has 0 unspecified atom stereocenters. The lowest BCUT2D eigenvalue weighted by atomic mass is 10.1. The largest absolute Gasteiger partial charge is 0.392 e. The SMILES string of the molecule is C=CC(F)(F)c1ccc(CO)cc1. The highest BCUT2D eigenvalue weighted by molar-refractivity contribution is 5.27. The Morgan fingerprint density at radius 2 is 1.85 bits per heavy atom. The van der Waals surface area contributed by atoms with Crippen molar-refractivity contribution in [3.05, 3.63) is 48.0 Å². The Morgan fingerprint density at radius 1 is 1.31 bits per heavy atom. The normalized spacial score (nSPS) is 11.3. The highest BCUT2D eigenvalue weighted by Crippen LogP contribution is 2.28. The molecule has 0 amide bonds. The molecule has 1 rings (SSSR count). The van der Waals surface area contributed by atoms with Crippen molar-refractivity contribution < 1.29 is 13.9 Å². The molecule has 0 aliphatic rings. The number of allylic oxidation sites excluding steroid dienone is 1. The van der Waals surface area contributed by atoms with Gasteiger partial charge in [-0.1, -0.05) is 30.8 Å². The van der Waals surface area contributed by atoms with Crippen molar-refractivity contribution in [1.82, 2.24) is 0 Å². The first-order chi connectivity index (χ1) is 6.10. The Bertz CT molecular complexity index is 290. The maximum atomic E-state index is 12.9. The molecule has 0 aliphatic carbocycles. The number of halogens is 2. The van der Waals surface area contributed by atoms with Crippen LogP contribution in [0.5, 0.6) is 0 Å². The lowest BCUT2D eigenvalue weighted by Gasteiger charge is -2.11. The van der Waals surface area contributed by atoms with Crippen molar-refractivity contribution in [3.63, 3.8) is 0 Å². The second-order valence-electron chi connectivity index (χ2n) is 2.68. The zero-order chi connectivity index (χ0) is 9.90. The first kappa shape index (κ1) is 9.86. The minimum Gasteiger partial charge on any atom is -0.392 e. The summed E-state index contributed by atoms with van der Waals surface area (Å²) in [4.78, 5) is 0. The van der Waals surface area contributed by atoms with Crippen LogP contribution in [-0.4, -0.2) is 5.11 Å². The maximum absolute atomic E-state index is 12.9. The van der Waals surface area contributed by atoms with Crippen LogP contribution >= 0.6 is 0 Å². The number of hydrogen-bond acceptors (Lipinski definition) is 1. The Labute approximate surface area is 75.3 Å². The van der Waals surface area contributed by atoms with E-state index in [0.29, 0.717) is 11.6 Å². The molecular weight excluding hydrogens is 174 g/mol. The molecule has 13 heavy (non-hydrogen) atoms. The third-order valence-corrected chi connectivity index (χ3v) is 1.78. The van der Waals surface area contributed by atoms with E-state index in [0.717, 1.165) is 0 Å². The van der Waals surface area contributed by atoms with Crippen LogP contribution in [0, 0.1) is 0 Å². The highest BCUT2D eigenvalue weighted by atomic mass is 19.3. The van der Waals surface area contributed by atoms with Gasteiger partial charge < -0.3 is 5.11 Å². The molecule has 70 valence electrons. The van der Waals surface area contributed by atoms with Gasteiger partial charge in [-0.2, -0.15) is 8.78 Å². The predicted molar refractivity (Wildman–Crippen MR) is 46.5 cm³/mol. The van der Waals surface area contributed by atoms with Crippen molar-refractivity contribution >= 4 is 0 Å². The smallest absolute Gasteiger partial charge is 0.291 e. The van der Waals surface area contributed by atoms with E-state index in [4.69, 9.17) is 5.11 Å². The van der Waals surface area contributed by atoms with Gasteiger partial charge in [0.2, 0.25) is 0 Å². The fourth-order valence-corrected chi connectivity index (χ4v) is 0.950. The van der Waals surface area contributed by atoms with Crippen LogP contribution in [0.3, 0.4) is 0 Å². The molecule has 1 nitrogen and oxygen atoms in total. The van der Waals surface area contributed by atoms with Crippen molar-refractivity contribution in [2.75, 3.05) is 0 Å². The monoisotopic (exact) mass is 184 g/mol. The summed E-state index contributed by atoms with van der Waals surface area (Å²) < 4.78 is 25.9. The van der Waals surface area contributed by atoms with Crippen LogP contribution in [0.4, 0.5) is 8.78 Å². The summed E-state index contributed by atoms with van der Waals surface area (Å²) >= 11 is 0. The molecule has 1 N–H and O–H groups in total. The zero-order valence-corrected chi connectivity index (χ0v) is 7.00. The van der Waals surface area contributed by atoms with Gasteiger partial charge in [-0.15, -0.1) is 0 Å². The van der Waals surface area contributed by atoms with Crippen molar-refractivity contribution in [1.29, 1.82) is 0 Å². The molecule has 0 fully saturated rings. The molecule has 1 aromatic rings. The molecule has 0 radical (unpaired) electrons. The molecule has 0 saturated carbocycles. The van der Waals surface area contributed by atoms with Gasteiger partial charge in [0.25, 0.3) is 5.92 Å². The van der Waals surface area contributed by atoms with Gasteiger partial charge in [0.15, 0.2) is 0 Å². The molecule has 0 saturated heterocycles. The van der Waals surface area contributed by atoms with E-state index >= 15 is 0 Å². The van der Waals surface area contributed by atoms with Crippen molar-refractivity contribution in [3.8, 4) is 0 Å². The van der Waals surface area contributed by atoms with Crippen molar-refractivity contribution in [2.24, 2.45) is 0 Å². The van der Waals surface area contributed by atoms with Crippen LogP contribution in [0.1, 0.15) is 11.1 Å². The van der Waals surface area contributed by atoms with Gasteiger partial charge in [0.1, 0.15) is 0 Å². The number of hydrogen-bond donors (Lipinski definition) is 1. The van der Waals surface area contributed by atoms with Crippen LogP contribution in [0.25, 0.3) is 0 Å². The standard InChI is InChI=1S/C10H10F2O/c1-2-10(11,12)9-5-3-8(7-13)4-6-9/h2-6,13H,1,7H2. The van der Waals surface area contributed by atoms with Gasteiger partial charge in [0.05, 0.1) is 6.61 Å². The molecule has 0 aliphatic heterocycles. The van der Waals surface area contributed by atoms with Crippen LogP contribution in [0.2, 0.25) is 0 Å². The Kier molecular flexibility index (Phi) is 2.78. The molecule has 1 aromatic carbocycles. The summed E-state index contributed by atoms with van der Waals surface area (Å²) in [5.41, 5.74) is 0.503. The summed E-state index contributed by atoms with van der Waals surface area (Å²) in [6, 6.07) is 5.50. The molecule has 0 bridgehead atoms.